The number of hydrogen-bond donors (Lipinski definition) is 0. The molecule has 0 nitrogen and oxygen atoms in total. The van der Waals surface area contributed by atoms with Crippen LogP contribution in [0.4, 0.5) is 0 Å². The van der Waals surface area contributed by atoms with E-state index < -0.39 is 0 Å². The third-order valence-electron chi connectivity index (χ3n) is 5.38. The van der Waals surface area contributed by atoms with Gasteiger partial charge in [0.05, 0.1) is 0 Å². The molecule has 1 aliphatic carbocycles. The Morgan fingerprint density at radius 2 is 0.963 bits per heavy atom. The fraction of sp³-hybridized carbons (Fsp3) is 0.333. The van der Waals surface area contributed by atoms with Gasteiger partial charge in [0.1, 0.15) is 0 Å². The second kappa shape index (κ2) is 7.35. The Morgan fingerprint density at radius 3 is 1.30 bits per heavy atom. The molecular weight excluding hydrogens is 324 g/mol. The monoisotopic (exact) mass is 356 g/mol. The average Bonchev–Trinajstić information content (AvgIpc) is 2.62. The van der Waals surface area contributed by atoms with Crippen LogP contribution in [0, 0.1) is 10.8 Å². The fourth-order valence-electron chi connectivity index (χ4n) is 3.54. The summed E-state index contributed by atoms with van der Waals surface area (Å²) in [5, 5.41) is 0. The first kappa shape index (κ1) is 19.4. The highest BCUT2D eigenvalue weighted by molar-refractivity contribution is 5.86. The van der Waals surface area contributed by atoms with Crippen molar-refractivity contribution in [2.45, 2.75) is 48.0 Å². The summed E-state index contributed by atoms with van der Waals surface area (Å²) in [6.07, 6.45) is 5.93. The van der Waals surface area contributed by atoms with Crippen LogP contribution in [0.1, 0.15) is 59.1 Å². The summed E-state index contributed by atoms with van der Waals surface area (Å²) in [6.45, 7) is 14.0. The van der Waals surface area contributed by atoms with E-state index in [9.17, 15) is 0 Å². The van der Waals surface area contributed by atoms with Crippen molar-refractivity contribution >= 4 is 5.57 Å². The third-order valence-corrected chi connectivity index (χ3v) is 5.38. The van der Waals surface area contributed by atoms with Crippen molar-refractivity contribution in [1.29, 1.82) is 0 Å². The van der Waals surface area contributed by atoms with E-state index in [1.54, 1.807) is 0 Å². The van der Waals surface area contributed by atoms with E-state index in [1.807, 2.05) is 0 Å². The molecule has 0 aliphatic heterocycles. The molecule has 0 spiro atoms. The Labute approximate surface area is 165 Å². The highest BCUT2D eigenvalue weighted by Gasteiger charge is 2.27. The highest BCUT2D eigenvalue weighted by Crippen LogP contribution is 2.43. The maximum absolute atomic E-state index is 2.44. The van der Waals surface area contributed by atoms with Crippen LogP contribution in [0.15, 0.2) is 89.5 Å². The lowest BCUT2D eigenvalue weighted by atomic mass is 9.72. The largest absolute Gasteiger partial charge is 0.0622 e. The van der Waals surface area contributed by atoms with Gasteiger partial charge in [-0.2, -0.15) is 0 Å². The normalized spacial score (nSPS) is 15.3. The average molecular weight is 357 g/mol. The predicted molar refractivity (Wildman–Crippen MR) is 119 cm³/mol. The zero-order valence-electron chi connectivity index (χ0n) is 17.6. The molecule has 0 N–H and O–H groups in total. The number of rotatable bonds is 2. The molecule has 0 saturated carbocycles. The molecular formula is C27H32. The van der Waals surface area contributed by atoms with Crippen LogP contribution >= 0.6 is 0 Å². The maximum atomic E-state index is 2.44. The minimum absolute atomic E-state index is 0.161. The lowest BCUT2D eigenvalue weighted by molar-refractivity contribution is 0.447. The number of hydrogen-bond acceptors (Lipinski definition) is 0. The summed E-state index contributed by atoms with van der Waals surface area (Å²) in [5.41, 5.74) is 8.53. The standard InChI is InChI=1S/C27H32/c1-26(2,3)23-17-22(18-24(19-23)27(4,5)6)25(20-13-9-7-10-14-20)21-15-11-8-12-16-21/h7-18H,19H2,1-6H3. The Kier molecular flexibility index (Phi) is 5.29. The molecule has 2 aromatic carbocycles. The number of allylic oxidation sites excluding steroid dienone is 5. The molecule has 3 rings (SSSR count). The zero-order valence-corrected chi connectivity index (χ0v) is 17.6. The Bertz CT molecular complexity index is 803. The molecule has 0 radical (unpaired) electrons. The third kappa shape index (κ3) is 4.50. The summed E-state index contributed by atoms with van der Waals surface area (Å²) in [5.74, 6) is 0. The van der Waals surface area contributed by atoms with E-state index >= 15 is 0 Å². The van der Waals surface area contributed by atoms with Crippen molar-refractivity contribution < 1.29 is 0 Å². The summed E-state index contributed by atoms with van der Waals surface area (Å²) in [7, 11) is 0. The van der Waals surface area contributed by atoms with Crippen LogP contribution < -0.4 is 0 Å². The molecule has 0 bridgehead atoms. The Morgan fingerprint density at radius 1 is 0.593 bits per heavy atom. The molecule has 0 unspecified atom stereocenters. The van der Waals surface area contributed by atoms with E-state index in [0.29, 0.717) is 0 Å². The van der Waals surface area contributed by atoms with Gasteiger partial charge in [-0.1, -0.05) is 126 Å². The summed E-state index contributed by atoms with van der Waals surface area (Å²) < 4.78 is 0. The highest BCUT2D eigenvalue weighted by atomic mass is 14.3. The second-order valence-electron chi connectivity index (χ2n) is 9.58. The molecule has 140 valence electrons. The topological polar surface area (TPSA) is 0 Å². The summed E-state index contributed by atoms with van der Waals surface area (Å²) >= 11 is 0. The smallest absolute Gasteiger partial charge is 0.00389 e. The van der Waals surface area contributed by atoms with Crippen LogP contribution in [0.25, 0.3) is 5.57 Å². The van der Waals surface area contributed by atoms with Gasteiger partial charge in [0, 0.05) is 0 Å². The summed E-state index contributed by atoms with van der Waals surface area (Å²) in [4.78, 5) is 0. The van der Waals surface area contributed by atoms with Crippen molar-refractivity contribution in [2.75, 3.05) is 0 Å². The lowest BCUT2D eigenvalue weighted by Crippen LogP contribution is -2.19. The molecule has 2 aromatic rings. The minimum Gasteiger partial charge on any atom is -0.0622 e. The van der Waals surface area contributed by atoms with Crippen molar-refractivity contribution in [1.82, 2.24) is 0 Å². The van der Waals surface area contributed by atoms with Gasteiger partial charge >= 0.3 is 0 Å². The Balaban J connectivity index is 2.31. The van der Waals surface area contributed by atoms with Gasteiger partial charge < -0.3 is 0 Å². The van der Waals surface area contributed by atoms with Gasteiger partial charge in [-0.25, -0.2) is 0 Å². The molecule has 1 aliphatic rings. The summed E-state index contributed by atoms with van der Waals surface area (Å²) in [6, 6.07) is 21.6. The van der Waals surface area contributed by atoms with E-state index in [-0.39, 0.29) is 10.8 Å². The van der Waals surface area contributed by atoms with E-state index in [0.717, 1.165) is 6.42 Å². The molecule has 0 heterocycles. The second-order valence-corrected chi connectivity index (χ2v) is 9.58. The van der Waals surface area contributed by atoms with Crippen LogP contribution in [-0.4, -0.2) is 0 Å². The number of benzene rings is 2. The van der Waals surface area contributed by atoms with E-state index in [1.165, 1.54) is 33.4 Å². The molecule has 0 heteroatoms. The van der Waals surface area contributed by atoms with Gasteiger partial charge in [0.15, 0.2) is 0 Å². The Hall–Kier alpha value is -2.34. The first-order valence-corrected chi connectivity index (χ1v) is 9.93. The van der Waals surface area contributed by atoms with Crippen molar-refractivity contribution in [3.8, 4) is 0 Å². The van der Waals surface area contributed by atoms with E-state index in [2.05, 4.69) is 114 Å². The quantitative estimate of drug-likeness (QED) is 0.514. The molecule has 0 fully saturated rings. The van der Waals surface area contributed by atoms with Gasteiger partial charge in [-0.05, 0) is 39.5 Å². The van der Waals surface area contributed by atoms with Gasteiger partial charge in [-0.15, -0.1) is 0 Å². The SMILES string of the molecule is CC(C)(C)C1=CC(=C(c2ccccc2)c2ccccc2)C=C(C(C)(C)C)C1. The van der Waals surface area contributed by atoms with E-state index in [4.69, 9.17) is 0 Å². The van der Waals surface area contributed by atoms with Gasteiger partial charge in [0.2, 0.25) is 0 Å². The first-order valence-electron chi connectivity index (χ1n) is 9.93. The molecule has 0 aromatic heterocycles. The van der Waals surface area contributed by atoms with Crippen LogP contribution in [0.3, 0.4) is 0 Å². The van der Waals surface area contributed by atoms with Crippen molar-refractivity contribution in [3.05, 3.63) is 101 Å². The van der Waals surface area contributed by atoms with Crippen molar-refractivity contribution in [3.63, 3.8) is 0 Å². The fourth-order valence-corrected chi connectivity index (χ4v) is 3.54. The molecule has 27 heavy (non-hydrogen) atoms. The lowest BCUT2D eigenvalue weighted by Gasteiger charge is -2.33. The molecule has 0 atom stereocenters. The first-order chi connectivity index (χ1) is 12.7. The van der Waals surface area contributed by atoms with Crippen LogP contribution in [0.5, 0.6) is 0 Å². The van der Waals surface area contributed by atoms with Crippen LogP contribution in [0.2, 0.25) is 0 Å². The predicted octanol–water partition coefficient (Wildman–Crippen LogP) is 7.84. The minimum atomic E-state index is 0.161. The molecule has 0 amide bonds. The zero-order chi connectivity index (χ0) is 19.7. The maximum Gasteiger partial charge on any atom is -0.00389 e. The molecule has 0 saturated heterocycles. The van der Waals surface area contributed by atoms with Crippen molar-refractivity contribution in [2.24, 2.45) is 10.8 Å². The van der Waals surface area contributed by atoms with Gasteiger partial charge in [0.25, 0.3) is 0 Å². The van der Waals surface area contributed by atoms with Crippen LogP contribution in [-0.2, 0) is 0 Å². The van der Waals surface area contributed by atoms with Gasteiger partial charge in [-0.3, -0.25) is 0 Å².